The van der Waals surface area contributed by atoms with Gasteiger partial charge in [0.25, 0.3) is 5.91 Å². The Morgan fingerprint density at radius 1 is 1.07 bits per heavy atom. The number of carboxylic acids is 1. The molecule has 9 nitrogen and oxygen atoms in total. The van der Waals surface area contributed by atoms with Crippen LogP contribution in [0.4, 0.5) is 5.69 Å². The first-order chi connectivity index (χ1) is 20.5. The van der Waals surface area contributed by atoms with Crippen molar-refractivity contribution in [1.29, 1.82) is 0 Å². The van der Waals surface area contributed by atoms with Crippen molar-refractivity contribution in [3.05, 3.63) is 61.3 Å². The number of hydrogen-bond acceptors (Lipinski definition) is 5. The molecule has 230 valence electrons. The van der Waals surface area contributed by atoms with Gasteiger partial charge in [-0.3, -0.25) is 14.4 Å². The predicted octanol–water partition coefficient (Wildman–Crippen LogP) is 6.16. The van der Waals surface area contributed by atoms with Crippen molar-refractivity contribution in [3.63, 3.8) is 0 Å². The van der Waals surface area contributed by atoms with Gasteiger partial charge < -0.3 is 29.4 Å². The van der Waals surface area contributed by atoms with E-state index in [9.17, 15) is 19.5 Å². The van der Waals surface area contributed by atoms with Gasteiger partial charge in [-0.25, -0.2) is 0 Å². The topological polar surface area (TPSA) is 110 Å². The summed E-state index contributed by atoms with van der Waals surface area (Å²) >= 11 is 15.4. The van der Waals surface area contributed by atoms with E-state index in [1.165, 1.54) is 0 Å². The first-order valence-electron chi connectivity index (χ1n) is 14.2. The van der Waals surface area contributed by atoms with Gasteiger partial charge in [0.2, 0.25) is 5.91 Å². The second-order valence-corrected chi connectivity index (χ2v) is 13.4. The third kappa shape index (κ3) is 7.30. The molecule has 1 aliphatic heterocycles. The van der Waals surface area contributed by atoms with E-state index in [2.05, 4.69) is 27.9 Å². The number of nitrogens with one attached hydrogen (secondary N) is 1. The third-order valence-corrected chi connectivity index (χ3v) is 9.84. The highest BCUT2D eigenvalue weighted by molar-refractivity contribution is 14.1. The van der Waals surface area contributed by atoms with E-state index in [0.29, 0.717) is 67.1 Å². The number of hydrogen-bond donors (Lipinski definition) is 2. The fourth-order valence-corrected chi connectivity index (χ4v) is 7.01. The number of nitrogens with zero attached hydrogens (tertiary/aromatic N) is 2. The van der Waals surface area contributed by atoms with Crippen molar-refractivity contribution < 1.29 is 29.0 Å². The average Bonchev–Trinajstić information content (AvgIpc) is 3.55. The Bertz CT molecular complexity index is 1540. The lowest BCUT2D eigenvalue weighted by Crippen LogP contribution is -2.40. The summed E-state index contributed by atoms with van der Waals surface area (Å²) in [6.45, 7) is 0.805. The first-order valence-corrected chi connectivity index (χ1v) is 16.1. The second-order valence-electron chi connectivity index (χ2n) is 11.3. The van der Waals surface area contributed by atoms with Crippen molar-refractivity contribution in [2.75, 3.05) is 25.6 Å². The van der Waals surface area contributed by atoms with Crippen LogP contribution in [0.5, 0.6) is 0 Å². The molecule has 3 aromatic rings. The summed E-state index contributed by atoms with van der Waals surface area (Å²) < 4.78 is 14.6. The molecule has 2 atom stereocenters. The number of carbonyl (C=O) groups is 3. The summed E-state index contributed by atoms with van der Waals surface area (Å²) in [7, 11) is 3.52. The number of carboxylic acid groups (broad SMARTS) is 1. The Labute approximate surface area is 273 Å². The lowest BCUT2D eigenvalue weighted by molar-refractivity contribution is -0.144. The van der Waals surface area contributed by atoms with Crippen LogP contribution < -0.4 is 5.32 Å². The molecule has 0 radical (unpaired) electrons. The monoisotopic (exact) mass is 741 g/mol. The molecular weight excluding hydrogens is 708 g/mol. The van der Waals surface area contributed by atoms with Gasteiger partial charge in [-0.15, -0.1) is 0 Å². The molecule has 2 fully saturated rings. The maximum absolute atomic E-state index is 13.5. The number of amides is 2. The van der Waals surface area contributed by atoms with Gasteiger partial charge in [0.15, 0.2) is 0 Å². The average molecular weight is 742 g/mol. The number of anilines is 1. The number of carbonyl (C=O) groups excluding carboxylic acids is 2. The van der Waals surface area contributed by atoms with E-state index >= 15 is 0 Å². The van der Waals surface area contributed by atoms with E-state index in [4.69, 9.17) is 32.7 Å². The van der Waals surface area contributed by atoms with Crippen molar-refractivity contribution in [2.24, 2.45) is 13.0 Å². The smallest absolute Gasteiger partial charge is 0.306 e. The fraction of sp³-hybridized carbons (Fsp3) is 0.452. The zero-order valence-corrected chi connectivity index (χ0v) is 27.6. The van der Waals surface area contributed by atoms with E-state index in [1.807, 2.05) is 29.8 Å². The quantitative estimate of drug-likeness (QED) is 0.255. The molecule has 43 heavy (non-hydrogen) atoms. The van der Waals surface area contributed by atoms with Crippen LogP contribution >= 0.6 is 45.8 Å². The summed E-state index contributed by atoms with van der Waals surface area (Å²) in [6, 6.07) is 8.97. The molecule has 0 unspecified atom stereocenters. The minimum absolute atomic E-state index is 0.0114. The van der Waals surface area contributed by atoms with Crippen molar-refractivity contribution >= 4 is 80.2 Å². The van der Waals surface area contributed by atoms with Gasteiger partial charge in [-0.2, -0.15) is 0 Å². The Morgan fingerprint density at radius 2 is 1.81 bits per heavy atom. The summed E-state index contributed by atoms with van der Waals surface area (Å²) in [5, 5.41) is 13.6. The minimum atomic E-state index is -0.747. The Kier molecular flexibility index (Phi) is 10.2. The number of likely N-dealkylation sites (tertiary alicyclic amines) is 1. The number of benzene rings is 2. The fourth-order valence-electron chi connectivity index (χ4n) is 6.05. The van der Waals surface area contributed by atoms with Gasteiger partial charge in [0, 0.05) is 46.4 Å². The molecule has 2 N–H and O–H groups in total. The highest BCUT2D eigenvalue weighted by Gasteiger charge is 2.36. The molecule has 5 rings (SSSR count). The Hall–Kier alpha value is -2.38. The third-order valence-electron chi connectivity index (χ3n) is 8.50. The Morgan fingerprint density at radius 3 is 2.51 bits per heavy atom. The molecule has 1 aromatic heterocycles. The first kappa shape index (κ1) is 32.0. The molecule has 2 aromatic carbocycles. The lowest BCUT2D eigenvalue weighted by Gasteiger charge is -2.30. The number of ether oxygens (including phenoxy) is 2. The summed E-state index contributed by atoms with van der Waals surface area (Å²) in [5.74, 6) is -1.48. The maximum atomic E-state index is 13.5. The number of methoxy groups -OCH3 is 1. The van der Waals surface area contributed by atoms with Crippen LogP contribution in [0.2, 0.25) is 10.0 Å². The van der Waals surface area contributed by atoms with Crippen LogP contribution in [0.3, 0.4) is 0 Å². The van der Waals surface area contributed by atoms with Crippen LogP contribution in [0, 0.1) is 9.49 Å². The molecular formula is C31H34Cl2IN3O6. The second kappa shape index (κ2) is 13.7. The molecule has 2 aliphatic rings. The molecule has 2 heterocycles. The maximum Gasteiger partial charge on any atom is 0.306 e. The zero-order chi connectivity index (χ0) is 30.8. The number of rotatable bonds is 9. The van der Waals surface area contributed by atoms with Crippen LogP contribution in [0.15, 0.2) is 36.5 Å². The van der Waals surface area contributed by atoms with E-state index < -0.39 is 5.97 Å². The Balaban J connectivity index is 1.24. The van der Waals surface area contributed by atoms with E-state index in [1.54, 1.807) is 30.3 Å². The van der Waals surface area contributed by atoms with Crippen LogP contribution in [0.1, 0.15) is 48.0 Å². The zero-order valence-electron chi connectivity index (χ0n) is 23.9. The standard InChI is InChI=1S/C31H34Cl2IN3O6/c1-36-15-24(23-11-19(34)5-8-28(23)36)30(39)35-27-13-25(32)18(9-26(27)33)10-29(38)37-14-22(42-2)12-20(37)16-43-21-6-3-17(4-7-21)31(40)41/h5,8-9,11,13,15,17,20-22H,3-4,6-7,10,12,14,16H2,1-2H3,(H,35,39)(H,40,41)/t17?,20-,21?,22-/m0/s1. The molecule has 1 saturated heterocycles. The van der Waals surface area contributed by atoms with Crippen LogP contribution in [0.25, 0.3) is 10.9 Å². The van der Waals surface area contributed by atoms with E-state index in [0.717, 1.165) is 14.5 Å². The minimum Gasteiger partial charge on any atom is -0.481 e. The number of aryl methyl sites for hydroxylation is 1. The number of halogens is 3. The summed E-state index contributed by atoms with van der Waals surface area (Å²) in [5.41, 5.74) is 2.38. The highest BCUT2D eigenvalue weighted by Crippen LogP contribution is 2.33. The number of aromatic nitrogens is 1. The predicted molar refractivity (Wildman–Crippen MR) is 174 cm³/mol. The lowest BCUT2D eigenvalue weighted by atomic mass is 9.87. The van der Waals surface area contributed by atoms with Gasteiger partial charge in [-0.05, 0) is 90.6 Å². The molecule has 0 bridgehead atoms. The molecule has 1 saturated carbocycles. The molecule has 1 aliphatic carbocycles. The van der Waals surface area contributed by atoms with Gasteiger partial charge in [0.05, 0.1) is 53.5 Å². The highest BCUT2D eigenvalue weighted by atomic mass is 127. The van der Waals surface area contributed by atoms with E-state index in [-0.39, 0.29) is 47.4 Å². The normalized spacial score (nSPS) is 22.2. The number of aliphatic carboxylic acids is 1. The van der Waals surface area contributed by atoms with Crippen molar-refractivity contribution in [1.82, 2.24) is 9.47 Å². The molecule has 0 spiro atoms. The van der Waals surface area contributed by atoms with Gasteiger partial charge >= 0.3 is 5.97 Å². The van der Waals surface area contributed by atoms with Crippen molar-refractivity contribution in [3.8, 4) is 0 Å². The largest absolute Gasteiger partial charge is 0.481 e. The van der Waals surface area contributed by atoms with Crippen LogP contribution in [-0.2, 0) is 32.5 Å². The summed E-state index contributed by atoms with van der Waals surface area (Å²) in [6.07, 6.45) is 4.95. The van der Waals surface area contributed by atoms with Crippen molar-refractivity contribution in [2.45, 2.75) is 56.8 Å². The van der Waals surface area contributed by atoms with Gasteiger partial charge in [0.1, 0.15) is 0 Å². The summed E-state index contributed by atoms with van der Waals surface area (Å²) in [4.78, 5) is 39.8. The van der Waals surface area contributed by atoms with Gasteiger partial charge in [-0.1, -0.05) is 23.2 Å². The van der Waals surface area contributed by atoms with Crippen LogP contribution in [-0.4, -0.2) is 70.9 Å². The molecule has 2 amide bonds. The SMILES string of the molecule is CO[C@H]1C[C@@H](COC2CCC(C(=O)O)CC2)N(C(=O)Cc2cc(Cl)c(NC(=O)c3cn(C)c4ccc(I)cc34)cc2Cl)C1. The molecule has 12 heteroatoms. The number of fused-ring (bicyclic) bond motifs is 1.